The molecule has 1 atom stereocenters. The van der Waals surface area contributed by atoms with E-state index in [4.69, 9.17) is 5.11 Å². The Hall–Kier alpha value is -1.62. The molecule has 4 nitrogen and oxygen atoms in total. The summed E-state index contributed by atoms with van der Waals surface area (Å²) in [5, 5.41) is 27.3. The summed E-state index contributed by atoms with van der Waals surface area (Å²) >= 11 is 0. The zero-order valence-electron chi connectivity index (χ0n) is 8.07. The van der Waals surface area contributed by atoms with Crippen molar-refractivity contribution in [1.29, 1.82) is 0 Å². The highest BCUT2D eigenvalue weighted by atomic mass is 19.1. The monoisotopic (exact) mass is 214 g/mol. The average Bonchev–Trinajstić information content (AvgIpc) is 2.12. The molecule has 3 N–H and O–H groups in total. The molecule has 1 aromatic rings. The molecule has 0 aliphatic carbocycles. The number of para-hydroxylation sites is 1. The predicted molar refractivity (Wildman–Crippen MR) is 50.0 cm³/mol. The fraction of sp³-hybridized carbons (Fsp3) is 0.300. The Kier molecular flexibility index (Phi) is 2.95. The molecule has 0 fully saturated rings. The molecule has 0 radical (unpaired) electrons. The van der Waals surface area contributed by atoms with E-state index >= 15 is 0 Å². The third kappa shape index (κ3) is 2.44. The first kappa shape index (κ1) is 11.5. The molecule has 0 heterocycles. The standard InChI is InChI=1S/C10H11FO4/c1-10(15,9(13)14)5-6-3-2-4-7(11)8(6)12/h2-4,12,15H,5H2,1H3,(H,13,14). The molecule has 0 saturated carbocycles. The van der Waals surface area contributed by atoms with Crippen molar-refractivity contribution >= 4 is 5.97 Å². The summed E-state index contributed by atoms with van der Waals surface area (Å²) in [5.41, 5.74) is -1.96. The fourth-order valence-corrected chi connectivity index (χ4v) is 1.15. The topological polar surface area (TPSA) is 77.8 Å². The van der Waals surface area contributed by atoms with E-state index in [1.54, 1.807) is 0 Å². The molecule has 0 aliphatic rings. The maximum atomic E-state index is 12.9. The summed E-state index contributed by atoms with van der Waals surface area (Å²) in [7, 11) is 0. The summed E-state index contributed by atoms with van der Waals surface area (Å²) in [4.78, 5) is 10.6. The number of carbonyl (C=O) groups is 1. The number of carboxylic acids is 1. The lowest BCUT2D eigenvalue weighted by molar-refractivity contribution is -0.156. The lowest BCUT2D eigenvalue weighted by Gasteiger charge is -2.18. The van der Waals surface area contributed by atoms with Crippen LogP contribution in [-0.2, 0) is 11.2 Å². The Morgan fingerprint density at radius 2 is 2.13 bits per heavy atom. The second-order valence-corrected chi connectivity index (χ2v) is 3.50. The van der Waals surface area contributed by atoms with Crippen LogP contribution in [0.25, 0.3) is 0 Å². The van der Waals surface area contributed by atoms with Crippen LogP contribution < -0.4 is 0 Å². The minimum absolute atomic E-state index is 0.0578. The van der Waals surface area contributed by atoms with Gasteiger partial charge < -0.3 is 15.3 Å². The zero-order valence-corrected chi connectivity index (χ0v) is 8.07. The quantitative estimate of drug-likeness (QED) is 0.698. The van der Waals surface area contributed by atoms with Gasteiger partial charge >= 0.3 is 5.97 Å². The van der Waals surface area contributed by atoms with Crippen molar-refractivity contribution in [2.75, 3.05) is 0 Å². The van der Waals surface area contributed by atoms with Crippen LogP contribution in [-0.4, -0.2) is 26.9 Å². The van der Waals surface area contributed by atoms with Crippen molar-refractivity contribution in [3.05, 3.63) is 29.6 Å². The number of aromatic hydroxyl groups is 1. The first-order valence-corrected chi connectivity index (χ1v) is 4.27. The van der Waals surface area contributed by atoms with Crippen molar-refractivity contribution in [1.82, 2.24) is 0 Å². The first-order chi connectivity index (χ1) is 6.84. The van der Waals surface area contributed by atoms with Gasteiger partial charge in [-0.05, 0) is 13.0 Å². The molecule has 0 aliphatic heterocycles. The van der Waals surface area contributed by atoms with Gasteiger partial charge in [0.2, 0.25) is 0 Å². The number of phenols is 1. The Balaban J connectivity index is 3.00. The summed E-state index contributed by atoms with van der Waals surface area (Å²) in [6.45, 7) is 1.08. The number of hydrogen-bond donors (Lipinski definition) is 3. The molecule has 1 rings (SSSR count). The number of halogens is 1. The highest BCUT2D eigenvalue weighted by Gasteiger charge is 2.31. The van der Waals surface area contributed by atoms with E-state index in [0.29, 0.717) is 0 Å². The normalized spacial score (nSPS) is 14.6. The Morgan fingerprint density at radius 1 is 1.53 bits per heavy atom. The van der Waals surface area contributed by atoms with Gasteiger partial charge in [0.05, 0.1) is 0 Å². The molecule has 0 saturated heterocycles. The fourth-order valence-electron chi connectivity index (χ4n) is 1.15. The molecule has 0 amide bonds. The third-order valence-electron chi connectivity index (χ3n) is 2.07. The van der Waals surface area contributed by atoms with Gasteiger partial charge in [0, 0.05) is 12.0 Å². The van der Waals surface area contributed by atoms with Crippen LogP contribution in [0.3, 0.4) is 0 Å². The molecule has 1 unspecified atom stereocenters. The van der Waals surface area contributed by atoms with E-state index < -0.39 is 23.1 Å². The largest absolute Gasteiger partial charge is 0.505 e. The number of benzene rings is 1. The molecular formula is C10H11FO4. The minimum Gasteiger partial charge on any atom is -0.505 e. The van der Waals surface area contributed by atoms with Crippen LogP contribution in [0.4, 0.5) is 4.39 Å². The Bertz CT molecular complexity index is 387. The first-order valence-electron chi connectivity index (χ1n) is 4.27. The van der Waals surface area contributed by atoms with E-state index in [9.17, 15) is 19.4 Å². The Morgan fingerprint density at radius 3 is 2.67 bits per heavy atom. The van der Waals surface area contributed by atoms with Crippen LogP contribution in [0.2, 0.25) is 0 Å². The second kappa shape index (κ2) is 3.86. The molecule has 0 spiro atoms. The summed E-state index contributed by atoms with van der Waals surface area (Å²) in [6, 6.07) is 3.74. The van der Waals surface area contributed by atoms with E-state index in [2.05, 4.69) is 0 Å². The molecule has 5 heteroatoms. The minimum atomic E-state index is -2.02. The molecular weight excluding hydrogens is 203 g/mol. The molecule has 0 aromatic heterocycles. The predicted octanol–water partition coefficient (Wildman–Crippen LogP) is 0.909. The van der Waals surface area contributed by atoms with Crippen LogP contribution >= 0.6 is 0 Å². The van der Waals surface area contributed by atoms with E-state index in [1.165, 1.54) is 12.1 Å². The second-order valence-electron chi connectivity index (χ2n) is 3.50. The van der Waals surface area contributed by atoms with Crippen molar-refractivity contribution < 1.29 is 24.5 Å². The lowest BCUT2D eigenvalue weighted by atomic mass is 9.96. The van der Waals surface area contributed by atoms with Gasteiger partial charge in [-0.1, -0.05) is 12.1 Å². The van der Waals surface area contributed by atoms with Crippen LogP contribution in [0, 0.1) is 5.82 Å². The maximum absolute atomic E-state index is 12.9. The highest BCUT2D eigenvalue weighted by molar-refractivity contribution is 5.77. The molecule has 1 aromatic carbocycles. The van der Waals surface area contributed by atoms with E-state index in [0.717, 1.165) is 13.0 Å². The smallest absolute Gasteiger partial charge is 0.335 e. The van der Waals surface area contributed by atoms with Gasteiger partial charge in [0.25, 0.3) is 0 Å². The van der Waals surface area contributed by atoms with Crippen molar-refractivity contribution in [3.63, 3.8) is 0 Å². The summed E-state index contributed by atoms with van der Waals surface area (Å²) in [5.74, 6) is -2.89. The van der Waals surface area contributed by atoms with Crippen molar-refractivity contribution in [2.45, 2.75) is 18.9 Å². The van der Waals surface area contributed by atoms with Crippen LogP contribution in [0.5, 0.6) is 5.75 Å². The van der Waals surface area contributed by atoms with E-state index in [-0.39, 0.29) is 12.0 Å². The van der Waals surface area contributed by atoms with Gasteiger partial charge in [-0.25, -0.2) is 9.18 Å². The highest BCUT2D eigenvalue weighted by Crippen LogP contribution is 2.24. The van der Waals surface area contributed by atoms with Gasteiger partial charge in [-0.15, -0.1) is 0 Å². The zero-order chi connectivity index (χ0) is 11.6. The summed E-state index contributed by atoms with van der Waals surface area (Å²) < 4.78 is 12.9. The van der Waals surface area contributed by atoms with Crippen LogP contribution in [0.15, 0.2) is 18.2 Å². The third-order valence-corrected chi connectivity index (χ3v) is 2.07. The Labute approximate surface area is 85.6 Å². The van der Waals surface area contributed by atoms with Crippen molar-refractivity contribution in [3.8, 4) is 5.75 Å². The van der Waals surface area contributed by atoms with Gasteiger partial charge in [0.1, 0.15) is 0 Å². The molecule has 0 bridgehead atoms. The van der Waals surface area contributed by atoms with E-state index in [1.807, 2.05) is 0 Å². The van der Waals surface area contributed by atoms with Gasteiger partial charge in [-0.3, -0.25) is 0 Å². The van der Waals surface area contributed by atoms with Gasteiger partial charge in [0.15, 0.2) is 17.2 Å². The molecule has 82 valence electrons. The van der Waals surface area contributed by atoms with Gasteiger partial charge in [-0.2, -0.15) is 0 Å². The number of aliphatic carboxylic acids is 1. The number of aliphatic hydroxyl groups is 1. The number of phenolic OH excluding ortho intramolecular Hbond substituents is 1. The number of rotatable bonds is 3. The lowest BCUT2D eigenvalue weighted by Crippen LogP contribution is -2.37. The summed E-state index contributed by atoms with van der Waals surface area (Å²) in [6.07, 6.45) is -0.355. The van der Waals surface area contributed by atoms with Crippen molar-refractivity contribution in [2.24, 2.45) is 0 Å². The number of hydrogen-bond acceptors (Lipinski definition) is 3. The number of carboxylic acid groups (broad SMARTS) is 1. The SMILES string of the molecule is CC(O)(Cc1cccc(F)c1O)C(=O)O. The average molecular weight is 214 g/mol. The van der Waals surface area contributed by atoms with Crippen LogP contribution in [0.1, 0.15) is 12.5 Å². The molecule has 15 heavy (non-hydrogen) atoms. The maximum Gasteiger partial charge on any atom is 0.335 e.